The van der Waals surface area contributed by atoms with Crippen LogP contribution < -0.4 is 5.32 Å². The minimum Gasteiger partial charge on any atom is -0.394 e. The molecule has 9 N–H and O–H groups in total. The maximum absolute atomic E-state index is 13.3. The summed E-state index contributed by atoms with van der Waals surface area (Å²) in [6, 6.07) is -0.938. The Morgan fingerprint density at radius 1 is 0.430 bits per heavy atom. The summed E-state index contributed by atoms with van der Waals surface area (Å²) in [5.41, 5.74) is 0. The first-order valence-electron chi connectivity index (χ1n) is 33.8. The van der Waals surface area contributed by atoms with Gasteiger partial charge in [-0.1, -0.05) is 251 Å². The Morgan fingerprint density at radius 3 is 1.28 bits per heavy atom. The molecule has 12 unspecified atom stereocenters. The Hall–Kier alpha value is -3.61. The molecule has 2 saturated heterocycles. The maximum Gasteiger partial charge on any atom is 0.220 e. The van der Waals surface area contributed by atoms with Crippen molar-refractivity contribution in [2.75, 3.05) is 19.8 Å². The van der Waals surface area contributed by atoms with Crippen LogP contribution in [0.4, 0.5) is 0 Å². The van der Waals surface area contributed by atoms with Gasteiger partial charge in [0.2, 0.25) is 5.91 Å². The zero-order valence-corrected chi connectivity index (χ0v) is 53.3. The topological polar surface area (TPSA) is 228 Å². The van der Waals surface area contributed by atoms with E-state index in [-0.39, 0.29) is 18.9 Å². The Balaban J connectivity index is 1.60. The highest BCUT2D eigenvalue weighted by molar-refractivity contribution is 5.76. The first-order valence-corrected chi connectivity index (χ1v) is 33.8. The summed E-state index contributed by atoms with van der Waals surface area (Å²) < 4.78 is 22.8. The fourth-order valence-corrected chi connectivity index (χ4v) is 10.3. The van der Waals surface area contributed by atoms with E-state index in [4.69, 9.17) is 18.9 Å². The molecule has 1 amide bonds. The molecule has 14 nitrogen and oxygen atoms in total. The standard InChI is InChI=1S/C72H121NO13/c1-3-5-7-9-11-13-15-17-18-19-20-21-22-23-24-25-26-27-28-29-30-31-32-33-34-35-36-37-38-39-40-41-42-44-46-48-50-52-54-56-64(77)73-60(61(76)55-53-51-49-47-45-43-16-14-12-10-8-6-4-2)59-83-71-69(82)67(80)70(63(58-75)85-71)86-72-68(81)66(79)65(78)62(57-74)84-72/h5,7,11,13,17-18,20-21,23-24,26-27,29-30,32-33,45,47,53,55,60-63,65-72,74-76,78-82H,3-4,6,8-10,12,14-16,19,22,25,28,31,34-44,46,48-52,54,56-59H2,1-2H3,(H,73,77)/b7-5-,13-11-,18-17-,21-20-,24-23-,27-26-,30-29-,33-32-,47-45+,55-53+. The lowest BCUT2D eigenvalue weighted by Gasteiger charge is -2.46. The van der Waals surface area contributed by atoms with Crippen LogP contribution in [0.15, 0.2) is 122 Å². The molecule has 0 aromatic rings. The third-order valence-corrected chi connectivity index (χ3v) is 15.6. The van der Waals surface area contributed by atoms with E-state index in [9.17, 15) is 45.6 Å². The molecule has 0 spiro atoms. The highest BCUT2D eigenvalue weighted by Crippen LogP contribution is 2.30. The second-order valence-corrected chi connectivity index (χ2v) is 23.2. The Kier molecular flexibility index (Phi) is 50.6. The summed E-state index contributed by atoms with van der Waals surface area (Å²) >= 11 is 0. The smallest absolute Gasteiger partial charge is 0.220 e. The van der Waals surface area contributed by atoms with Gasteiger partial charge in [0, 0.05) is 6.42 Å². The van der Waals surface area contributed by atoms with E-state index in [2.05, 4.69) is 129 Å². The minimum absolute atomic E-state index is 0.255. The summed E-state index contributed by atoms with van der Waals surface area (Å²) in [6.07, 6.45) is 64.1. The van der Waals surface area contributed by atoms with Crippen LogP contribution in [0.5, 0.6) is 0 Å². The largest absolute Gasteiger partial charge is 0.394 e. The predicted octanol–water partition coefficient (Wildman–Crippen LogP) is 13.3. The first kappa shape index (κ1) is 78.5. The highest BCUT2D eigenvalue weighted by Gasteiger charge is 2.51. The molecule has 0 aromatic heterocycles. The van der Waals surface area contributed by atoms with Crippen molar-refractivity contribution in [1.29, 1.82) is 0 Å². The Labute approximate surface area is 520 Å². The number of aliphatic hydroxyl groups is 8. The maximum atomic E-state index is 13.3. The number of carbonyl (C=O) groups is 1. The molecule has 0 aliphatic carbocycles. The van der Waals surface area contributed by atoms with E-state index in [1.165, 1.54) is 109 Å². The van der Waals surface area contributed by atoms with Crippen LogP contribution in [0, 0.1) is 0 Å². The molecular formula is C72H121NO13. The first-order chi connectivity index (χ1) is 42.1. The van der Waals surface area contributed by atoms with Crippen molar-refractivity contribution in [3.05, 3.63) is 122 Å². The van der Waals surface area contributed by atoms with E-state index < -0.39 is 86.8 Å². The lowest BCUT2D eigenvalue weighted by molar-refractivity contribution is -0.359. The molecule has 2 aliphatic rings. The number of hydrogen-bond donors (Lipinski definition) is 9. The number of hydrogen-bond acceptors (Lipinski definition) is 13. The Morgan fingerprint density at radius 2 is 0.814 bits per heavy atom. The van der Waals surface area contributed by atoms with Gasteiger partial charge in [0.15, 0.2) is 12.6 Å². The minimum atomic E-state index is -1.79. The number of unbranched alkanes of at least 4 members (excludes halogenated alkanes) is 22. The highest BCUT2D eigenvalue weighted by atomic mass is 16.7. The average Bonchev–Trinajstić information content (AvgIpc) is 2.76. The Bertz CT molecular complexity index is 1910. The van der Waals surface area contributed by atoms with Crippen LogP contribution in [0.25, 0.3) is 0 Å². The van der Waals surface area contributed by atoms with Crippen molar-refractivity contribution in [2.24, 2.45) is 0 Å². The van der Waals surface area contributed by atoms with Gasteiger partial charge in [0.1, 0.15) is 48.8 Å². The van der Waals surface area contributed by atoms with Crippen molar-refractivity contribution in [1.82, 2.24) is 5.32 Å². The molecule has 14 heteroatoms. The van der Waals surface area contributed by atoms with Gasteiger partial charge in [-0.15, -0.1) is 0 Å². The number of nitrogens with one attached hydrogen (secondary N) is 1. The molecule has 2 aliphatic heterocycles. The van der Waals surface area contributed by atoms with Crippen LogP contribution in [0.3, 0.4) is 0 Å². The molecule has 2 rings (SSSR count). The van der Waals surface area contributed by atoms with Crippen molar-refractivity contribution in [2.45, 2.75) is 306 Å². The summed E-state index contributed by atoms with van der Waals surface area (Å²) in [4.78, 5) is 13.3. The average molecular weight is 1210 g/mol. The predicted molar refractivity (Wildman–Crippen MR) is 350 cm³/mol. The van der Waals surface area contributed by atoms with Gasteiger partial charge < -0.3 is 65.1 Å². The summed E-state index contributed by atoms with van der Waals surface area (Å²) in [6.45, 7) is 2.64. The van der Waals surface area contributed by atoms with Crippen LogP contribution in [0.1, 0.15) is 232 Å². The molecule has 492 valence electrons. The molecule has 86 heavy (non-hydrogen) atoms. The van der Waals surface area contributed by atoms with Gasteiger partial charge in [-0.2, -0.15) is 0 Å². The number of rotatable bonds is 53. The number of amides is 1. The van der Waals surface area contributed by atoms with Gasteiger partial charge in [-0.25, -0.2) is 0 Å². The molecule has 0 radical (unpaired) electrons. The van der Waals surface area contributed by atoms with Crippen LogP contribution in [-0.4, -0.2) is 140 Å². The fourth-order valence-electron chi connectivity index (χ4n) is 10.3. The molecule has 0 bridgehead atoms. The number of carbonyl (C=O) groups excluding carboxylic acids is 1. The normalized spacial score (nSPS) is 24.2. The zero-order chi connectivity index (χ0) is 62.3. The second-order valence-electron chi connectivity index (χ2n) is 23.2. The van der Waals surface area contributed by atoms with Crippen molar-refractivity contribution >= 4 is 5.91 Å². The quantitative estimate of drug-likeness (QED) is 0.0204. The van der Waals surface area contributed by atoms with Crippen LogP contribution in [-0.2, 0) is 23.7 Å². The number of allylic oxidation sites excluding steroid dienone is 19. The lowest BCUT2D eigenvalue weighted by atomic mass is 9.97. The molecule has 2 fully saturated rings. The number of aliphatic hydroxyl groups excluding tert-OH is 8. The van der Waals surface area contributed by atoms with Gasteiger partial charge in [0.05, 0.1) is 32.0 Å². The second kappa shape index (κ2) is 55.5. The molecule has 0 aromatic carbocycles. The van der Waals surface area contributed by atoms with Crippen LogP contribution in [0.2, 0.25) is 0 Å². The fraction of sp³-hybridized carbons (Fsp3) is 0.708. The summed E-state index contributed by atoms with van der Waals surface area (Å²) in [7, 11) is 0. The van der Waals surface area contributed by atoms with Gasteiger partial charge in [0.25, 0.3) is 0 Å². The molecule has 12 atom stereocenters. The summed E-state index contributed by atoms with van der Waals surface area (Å²) in [5.74, 6) is -0.255. The van der Waals surface area contributed by atoms with Gasteiger partial charge in [-0.3, -0.25) is 4.79 Å². The SMILES string of the molecule is CC/C=C\C/C=C\C/C=C\C/C=C\C/C=C\C/C=C\C/C=C\C/C=C\CCCCCCCCCCCCCCCCC(=O)NC(COC1OC(CO)C(OC2OC(CO)C(O)C(O)C2O)C(O)C1O)C(O)/C=C/CC/C=C/CCCCCCCCC. The van der Waals surface area contributed by atoms with E-state index in [1.54, 1.807) is 6.08 Å². The lowest BCUT2D eigenvalue weighted by Crippen LogP contribution is -2.65. The summed E-state index contributed by atoms with van der Waals surface area (Å²) in [5, 5.41) is 87.1. The van der Waals surface area contributed by atoms with Crippen LogP contribution >= 0.6 is 0 Å². The monoisotopic (exact) mass is 1210 g/mol. The van der Waals surface area contributed by atoms with Crippen molar-refractivity contribution in [3.63, 3.8) is 0 Å². The van der Waals surface area contributed by atoms with E-state index in [1.807, 2.05) is 6.08 Å². The number of ether oxygens (including phenoxy) is 4. The molecular weight excluding hydrogens is 1090 g/mol. The van der Waals surface area contributed by atoms with E-state index >= 15 is 0 Å². The molecule has 2 heterocycles. The van der Waals surface area contributed by atoms with Gasteiger partial charge in [-0.05, 0) is 96.3 Å². The van der Waals surface area contributed by atoms with Crippen molar-refractivity contribution in [3.8, 4) is 0 Å². The third kappa shape index (κ3) is 39.4. The zero-order valence-electron chi connectivity index (χ0n) is 53.3. The van der Waals surface area contributed by atoms with Gasteiger partial charge >= 0.3 is 0 Å². The third-order valence-electron chi connectivity index (χ3n) is 15.6. The van der Waals surface area contributed by atoms with E-state index in [0.29, 0.717) is 12.8 Å². The van der Waals surface area contributed by atoms with Crippen molar-refractivity contribution < 1.29 is 64.6 Å². The van der Waals surface area contributed by atoms with E-state index in [0.717, 1.165) is 89.9 Å². The molecule has 0 saturated carbocycles.